The monoisotopic (exact) mass is 200 g/mol. The molecule has 0 spiro atoms. The third-order valence-electron chi connectivity index (χ3n) is 2.98. The van der Waals surface area contributed by atoms with Crippen LogP contribution in [0.15, 0.2) is 36.4 Å². The number of benzene rings is 1. The Labute approximate surface area is 88.2 Å². The number of hydrogen-bond donors (Lipinski definition) is 2. The van der Waals surface area contributed by atoms with Crippen LogP contribution in [0.2, 0.25) is 0 Å². The van der Waals surface area contributed by atoms with Gasteiger partial charge in [-0.05, 0) is 18.6 Å². The molecule has 0 fully saturated rings. The molecule has 0 bridgehead atoms. The summed E-state index contributed by atoms with van der Waals surface area (Å²) >= 11 is 0. The van der Waals surface area contributed by atoms with E-state index in [0.717, 1.165) is 17.7 Å². The van der Waals surface area contributed by atoms with E-state index in [1.54, 1.807) is 0 Å². The predicted molar refractivity (Wildman–Crippen MR) is 58.9 cm³/mol. The van der Waals surface area contributed by atoms with Crippen LogP contribution < -0.4 is 10.6 Å². The minimum absolute atomic E-state index is 0.0225. The molecule has 0 saturated heterocycles. The first-order chi connectivity index (χ1) is 7.34. The predicted octanol–water partition coefficient (Wildman–Crippen LogP) is 1.54. The molecule has 1 aromatic carbocycles. The summed E-state index contributed by atoms with van der Waals surface area (Å²) in [5, 5.41) is 6.41. The molecule has 15 heavy (non-hydrogen) atoms. The summed E-state index contributed by atoms with van der Waals surface area (Å²) < 4.78 is 0. The largest absolute Gasteiger partial charge is 0.376 e. The number of hydrogen-bond acceptors (Lipinski definition) is 2. The number of carbonyl (C=O) groups excluding carboxylic acids is 1. The van der Waals surface area contributed by atoms with Crippen molar-refractivity contribution in [3.05, 3.63) is 42.0 Å². The van der Waals surface area contributed by atoms with Crippen LogP contribution in [0.3, 0.4) is 0 Å². The van der Waals surface area contributed by atoms with E-state index in [2.05, 4.69) is 22.8 Å². The molecule has 2 atom stereocenters. The van der Waals surface area contributed by atoms with Gasteiger partial charge in [-0.1, -0.05) is 24.3 Å². The Kier molecular flexibility index (Phi) is 1.78. The van der Waals surface area contributed by atoms with Gasteiger partial charge in [-0.3, -0.25) is 4.79 Å². The van der Waals surface area contributed by atoms with Gasteiger partial charge in [0.25, 0.3) is 5.91 Å². The van der Waals surface area contributed by atoms with Crippen molar-refractivity contribution >= 4 is 11.6 Å². The summed E-state index contributed by atoms with van der Waals surface area (Å²) in [6.07, 6.45) is 5.14. The van der Waals surface area contributed by atoms with Crippen LogP contribution in [0.25, 0.3) is 0 Å². The quantitative estimate of drug-likeness (QED) is 0.624. The standard InChI is InChI=1S/C12H12N2O/c15-12-8-4-1-2-5-9(8)13-10-6-3-7-11(10)14-12/h1-6,10-11,13H,7H2,(H,14,15). The van der Waals surface area contributed by atoms with Gasteiger partial charge in [0, 0.05) is 5.69 Å². The van der Waals surface area contributed by atoms with E-state index in [0.29, 0.717) is 0 Å². The Balaban J connectivity index is 2.05. The number of para-hydroxylation sites is 1. The lowest BCUT2D eigenvalue weighted by atomic mass is 10.1. The first-order valence-corrected chi connectivity index (χ1v) is 5.18. The molecule has 0 radical (unpaired) electrons. The number of fused-ring (bicyclic) bond motifs is 2. The Morgan fingerprint density at radius 2 is 2.07 bits per heavy atom. The van der Waals surface area contributed by atoms with Crippen LogP contribution in [0.5, 0.6) is 0 Å². The molecule has 1 aliphatic heterocycles. The molecule has 3 heteroatoms. The number of amides is 1. The van der Waals surface area contributed by atoms with Gasteiger partial charge < -0.3 is 10.6 Å². The first kappa shape index (κ1) is 8.53. The minimum Gasteiger partial charge on any atom is -0.376 e. The van der Waals surface area contributed by atoms with E-state index in [1.165, 1.54) is 0 Å². The van der Waals surface area contributed by atoms with Gasteiger partial charge >= 0.3 is 0 Å². The number of rotatable bonds is 0. The van der Waals surface area contributed by atoms with Gasteiger partial charge in [0.1, 0.15) is 0 Å². The SMILES string of the molecule is O=C1NC2CC=CC2Nc2ccccc21. The van der Waals surface area contributed by atoms with Crippen molar-refractivity contribution in [1.82, 2.24) is 5.32 Å². The Bertz CT molecular complexity index is 439. The molecular weight excluding hydrogens is 188 g/mol. The van der Waals surface area contributed by atoms with E-state index >= 15 is 0 Å². The van der Waals surface area contributed by atoms with Crippen LogP contribution in [-0.2, 0) is 0 Å². The molecule has 76 valence electrons. The van der Waals surface area contributed by atoms with Gasteiger partial charge in [0.15, 0.2) is 0 Å². The van der Waals surface area contributed by atoms with E-state index in [4.69, 9.17) is 0 Å². The second-order valence-corrected chi connectivity index (χ2v) is 3.96. The zero-order valence-electron chi connectivity index (χ0n) is 8.23. The van der Waals surface area contributed by atoms with E-state index in [1.807, 2.05) is 24.3 Å². The van der Waals surface area contributed by atoms with Gasteiger partial charge in [-0.25, -0.2) is 0 Å². The van der Waals surface area contributed by atoms with E-state index in [-0.39, 0.29) is 18.0 Å². The minimum atomic E-state index is 0.0225. The molecule has 1 aliphatic carbocycles. The summed E-state index contributed by atoms with van der Waals surface area (Å²) in [4.78, 5) is 11.9. The van der Waals surface area contributed by atoms with Crippen molar-refractivity contribution in [2.24, 2.45) is 0 Å². The Morgan fingerprint density at radius 3 is 3.00 bits per heavy atom. The van der Waals surface area contributed by atoms with Crippen molar-refractivity contribution in [2.45, 2.75) is 18.5 Å². The number of carbonyl (C=O) groups is 1. The van der Waals surface area contributed by atoms with Crippen molar-refractivity contribution < 1.29 is 4.79 Å². The summed E-state index contributed by atoms with van der Waals surface area (Å²) in [6, 6.07) is 8.06. The van der Waals surface area contributed by atoms with E-state index < -0.39 is 0 Å². The molecule has 0 aromatic heterocycles. The zero-order chi connectivity index (χ0) is 10.3. The van der Waals surface area contributed by atoms with Crippen molar-refractivity contribution in [2.75, 3.05) is 5.32 Å². The van der Waals surface area contributed by atoms with Crippen LogP contribution >= 0.6 is 0 Å². The molecule has 2 N–H and O–H groups in total. The van der Waals surface area contributed by atoms with Crippen LogP contribution in [0.4, 0.5) is 5.69 Å². The van der Waals surface area contributed by atoms with Crippen molar-refractivity contribution in [3.8, 4) is 0 Å². The molecule has 0 saturated carbocycles. The molecular formula is C12H12N2O. The average molecular weight is 200 g/mol. The van der Waals surface area contributed by atoms with Crippen LogP contribution in [-0.4, -0.2) is 18.0 Å². The van der Waals surface area contributed by atoms with Crippen LogP contribution in [0, 0.1) is 0 Å². The zero-order valence-corrected chi connectivity index (χ0v) is 8.23. The highest BCUT2D eigenvalue weighted by atomic mass is 16.1. The summed E-state index contributed by atoms with van der Waals surface area (Å²) in [5.41, 5.74) is 1.66. The smallest absolute Gasteiger partial charge is 0.253 e. The van der Waals surface area contributed by atoms with Gasteiger partial charge in [0.05, 0.1) is 17.6 Å². The highest BCUT2D eigenvalue weighted by molar-refractivity contribution is 6.00. The van der Waals surface area contributed by atoms with Crippen molar-refractivity contribution in [3.63, 3.8) is 0 Å². The summed E-state index contributed by atoms with van der Waals surface area (Å²) in [5.74, 6) is 0.0225. The van der Waals surface area contributed by atoms with Gasteiger partial charge in [0.2, 0.25) is 0 Å². The maximum absolute atomic E-state index is 11.9. The maximum atomic E-state index is 11.9. The Morgan fingerprint density at radius 1 is 1.20 bits per heavy atom. The fourth-order valence-electron chi connectivity index (χ4n) is 2.18. The topological polar surface area (TPSA) is 41.1 Å². The molecule has 1 amide bonds. The van der Waals surface area contributed by atoms with Gasteiger partial charge in [-0.2, -0.15) is 0 Å². The van der Waals surface area contributed by atoms with Crippen LogP contribution in [0.1, 0.15) is 16.8 Å². The highest BCUT2D eigenvalue weighted by Crippen LogP contribution is 2.24. The van der Waals surface area contributed by atoms with Crippen molar-refractivity contribution in [1.29, 1.82) is 0 Å². The summed E-state index contributed by atoms with van der Waals surface area (Å²) in [6.45, 7) is 0. The fraction of sp³-hybridized carbons (Fsp3) is 0.250. The lowest BCUT2D eigenvalue weighted by Gasteiger charge is -2.18. The third-order valence-corrected chi connectivity index (χ3v) is 2.98. The molecule has 1 heterocycles. The van der Waals surface area contributed by atoms with Gasteiger partial charge in [-0.15, -0.1) is 0 Å². The highest BCUT2D eigenvalue weighted by Gasteiger charge is 2.29. The lowest BCUT2D eigenvalue weighted by Crippen LogP contribution is -2.40. The van der Waals surface area contributed by atoms with E-state index in [9.17, 15) is 4.79 Å². The third kappa shape index (κ3) is 1.31. The fourth-order valence-corrected chi connectivity index (χ4v) is 2.18. The molecule has 1 aromatic rings. The average Bonchev–Trinajstić information content (AvgIpc) is 2.61. The summed E-state index contributed by atoms with van der Waals surface area (Å²) in [7, 11) is 0. The maximum Gasteiger partial charge on any atom is 0.253 e. The molecule has 3 rings (SSSR count). The second-order valence-electron chi connectivity index (χ2n) is 3.96. The molecule has 3 nitrogen and oxygen atoms in total. The first-order valence-electron chi connectivity index (χ1n) is 5.18. The normalized spacial score (nSPS) is 27.3. The lowest BCUT2D eigenvalue weighted by molar-refractivity contribution is 0.0941. The Hall–Kier alpha value is -1.77. The number of nitrogens with one attached hydrogen (secondary N) is 2. The molecule has 2 aliphatic rings. The second kappa shape index (κ2) is 3.12. The number of anilines is 1. The molecule has 2 unspecified atom stereocenters.